The summed E-state index contributed by atoms with van der Waals surface area (Å²) in [4.78, 5) is 15.0. The molecule has 2 aromatic carbocycles. The summed E-state index contributed by atoms with van der Waals surface area (Å²) >= 11 is 0. The molecule has 0 N–H and O–H groups in total. The lowest BCUT2D eigenvalue weighted by Gasteiger charge is -2.32. The van der Waals surface area contributed by atoms with Gasteiger partial charge in [0.2, 0.25) is 5.91 Å². The third kappa shape index (κ3) is 5.45. The molecule has 1 amide bonds. The number of hydrogen-bond donors (Lipinski definition) is 0. The molecule has 0 fully saturated rings. The molecule has 6 heteroatoms. The zero-order chi connectivity index (χ0) is 23.3. The Labute approximate surface area is 188 Å². The van der Waals surface area contributed by atoms with Crippen molar-refractivity contribution in [3.05, 3.63) is 58.9 Å². The number of alkyl halides is 2. The van der Waals surface area contributed by atoms with Gasteiger partial charge >= 0.3 is 0 Å². The number of nitrogens with zero attached hydrogens (tertiary/aromatic N) is 1. The normalized spacial score (nSPS) is 13.9. The van der Waals surface area contributed by atoms with E-state index in [1.807, 2.05) is 17.0 Å². The monoisotopic (exact) mass is 447 g/mol. The van der Waals surface area contributed by atoms with Gasteiger partial charge in [0, 0.05) is 31.5 Å². The lowest BCUT2D eigenvalue weighted by atomic mass is 9.94. The number of hydrogen-bond acceptors (Lipinski definition) is 2. The molecule has 0 aromatic heterocycles. The summed E-state index contributed by atoms with van der Waals surface area (Å²) in [5, 5.41) is 0. The number of carbonyl (C=O) groups is 1. The molecule has 3 rings (SSSR count). The van der Waals surface area contributed by atoms with Crippen LogP contribution in [0.5, 0.6) is 11.5 Å². The Morgan fingerprint density at radius 3 is 2.31 bits per heavy atom. The van der Waals surface area contributed by atoms with Crippen molar-refractivity contribution in [3.8, 4) is 11.5 Å². The van der Waals surface area contributed by atoms with E-state index >= 15 is 0 Å². The van der Waals surface area contributed by atoms with Gasteiger partial charge in [-0.15, -0.1) is 0 Å². The highest BCUT2D eigenvalue weighted by atomic mass is 19.3. The van der Waals surface area contributed by atoms with Crippen LogP contribution in [0.4, 0.5) is 13.2 Å². The zero-order valence-electron chi connectivity index (χ0n) is 19.1. The molecular formula is C26H32F3NO2. The Balaban J connectivity index is 1.74. The van der Waals surface area contributed by atoms with Gasteiger partial charge in [0.05, 0.1) is 5.56 Å². The van der Waals surface area contributed by atoms with Crippen molar-refractivity contribution in [1.82, 2.24) is 4.90 Å². The summed E-state index contributed by atoms with van der Waals surface area (Å²) < 4.78 is 47.7. The SMILES string of the molecule is CCCC(CCC)C(=O)N1CCc2ccc(Oc3ccc(C(F)(F)CC)c(F)c3)cc2C1. The molecule has 1 aliphatic rings. The standard InChI is InChI=1S/C26H32F3NO2/c1-4-7-19(8-5-2)25(31)30-14-13-18-9-10-21(15-20(18)17-30)32-22-11-12-23(24(27)16-22)26(28,29)6-3/h9-12,15-16,19H,4-8,13-14,17H2,1-3H3. The van der Waals surface area contributed by atoms with Gasteiger partial charge in [-0.25, -0.2) is 13.2 Å². The van der Waals surface area contributed by atoms with Crippen LogP contribution in [0.3, 0.4) is 0 Å². The third-order valence-corrected chi connectivity index (χ3v) is 6.14. The topological polar surface area (TPSA) is 29.5 Å². The molecule has 0 atom stereocenters. The predicted molar refractivity (Wildman–Crippen MR) is 120 cm³/mol. The highest BCUT2D eigenvalue weighted by Gasteiger charge is 2.32. The predicted octanol–water partition coefficient (Wildman–Crippen LogP) is 7.22. The fourth-order valence-corrected chi connectivity index (χ4v) is 4.31. The molecular weight excluding hydrogens is 415 g/mol. The Bertz CT molecular complexity index is 939. The average molecular weight is 448 g/mol. The quantitative estimate of drug-likeness (QED) is 0.406. The van der Waals surface area contributed by atoms with E-state index in [1.165, 1.54) is 13.0 Å². The first-order valence-electron chi connectivity index (χ1n) is 11.5. The number of halogens is 3. The minimum Gasteiger partial charge on any atom is -0.457 e. The molecule has 1 heterocycles. The minimum absolute atomic E-state index is 0.0636. The highest BCUT2D eigenvalue weighted by molar-refractivity contribution is 5.79. The lowest BCUT2D eigenvalue weighted by molar-refractivity contribution is -0.137. The highest BCUT2D eigenvalue weighted by Crippen LogP contribution is 2.36. The number of rotatable bonds is 9. The van der Waals surface area contributed by atoms with Crippen molar-refractivity contribution in [1.29, 1.82) is 0 Å². The molecule has 2 aromatic rings. The smallest absolute Gasteiger partial charge is 0.275 e. The summed E-state index contributed by atoms with van der Waals surface area (Å²) in [6, 6.07) is 9.04. The van der Waals surface area contributed by atoms with Gasteiger partial charge in [-0.2, -0.15) is 0 Å². The van der Waals surface area contributed by atoms with Crippen LogP contribution >= 0.6 is 0 Å². The largest absolute Gasteiger partial charge is 0.457 e. The van der Waals surface area contributed by atoms with Crippen molar-refractivity contribution >= 4 is 5.91 Å². The van der Waals surface area contributed by atoms with Gasteiger partial charge < -0.3 is 9.64 Å². The van der Waals surface area contributed by atoms with Crippen molar-refractivity contribution in [2.45, 2.75) is 71.8 Å². The van der Waals surface area contributed by atoms with Crippen LogP contribution in [0.15, 0.2) is 36.4 Å². The van der Waals surface area contributed by atoms with Crippen LogP contribution in [-0.4, -0.2) is 17.4 Å². The van der Waals surface area contributed by atoms with E-state index in [1.54, 1.807) is 6.07 Å². The van der Waals surface area contributed by atoms with Gasteiger partial charge in [0.1, 0.15) is 17.3 Å². The van der Waals surface area contributed by atoms with E-state index in [2.05, 4.69) is 13.8 Å². The van der Waals surface area contributed by atoms with E-state index in [0.29, 0.717) is 18.8 Å². The summed E-state index contributed by atoms with van der Waals surface area (Å²) in [5.41, 5.74) is 1.54. The van der Waals surface area contributed by atoms with Crippen LogP contribution in [0.25, 0.3) is 0 Å². The number of ether oxygens (including phenoxy) is 1. The van der Waals surface area contributed by atoms with Crippen LogP contribution in [0, 0.1) is 11.7 Å². The molecule has 0 spiro atoms. The van der Waals surface area contributed by atoms with Crippen LogP contribution in [0.2, 0.25) is 0 Å². The second kappa shape index (κ2) is 10.4. The zero-order valence-corrected chi connectivity index (χ0v) is 19.1. The summed E-state index contributed by atoms with van der Waals surface area (Å²) in [6.45, 7) is 6.74. The summed E-state index contributed by atoms with van der Waals surface area (Å²) in [6.07, 6.45) is 4.08. The molecule has 32 heavy (non-hydrogen) atoms. The van der Waals surface area contributed by atoms with E-state index in [4.69, 9.17) is 4.74 Å². The molecule has 3 nitrogen and oxygen atoms in total. The summed E-state index contributed by atoms with van der Waals surface area (Å²) in [5.74, 6) is -3.27. The van der Waals surface area contributed by atoms with E-state index < -0.39 is 23.7 Å². The minimum atomic E-state index is -3.21. The van der Waals surface area contributed by atoms with E-state index in [9.17, 15) is 18.0 Å². The van der Waals surface area contributed by atoms with Crippen molar-refractivity contribution in [2.75, 3.05) is 6.54 Å². The molecule has 0 saturated heterocycles. The van der Waals surface area contributed by atoms with Crippen molar-refractivity contribution in [2.24, 2.45) is 5.92 Å². The van der Waals surface area contributed by atoms with Gasteiger partial charge in [-0.1, -0.05) is 39.7 Å². The summed E-state index contributed by atoms with van der Waals surface area (Å²) in [7, 11) is 0. The molecule has 0 saturated carbocycles. The van der Waals surface area contributed by atoms with Gasteiger partial charge in [-0.05, 0) is 54.7 Å². The first-order chi connectivity index (χ1) is 15.3. The second-order valence-corrected chi connectivity index (χ2v) is 8.52. The fourth-order valence-electron chi connectivity index (χ4n) is 4.31. The Morgan fingerprint density at radius 1 is 1.03 bits per heavy atom. The maximum Gasteiger partial charge on any atom is 0.275 e. The Morgan fingerprint density at radius 2 is 1.69 bits per heavy atom. The van der Waals surface area contributed by atoms with Crippen LogP contribution < -0.4 is 4.74 Å². The number of amides is 1. The van der Waals surface area contributed by atoms with Crippen LogP contribution in [-0.2, 0) is 23.7 Å². The van der Waals surface area contributed by atoms with Crippen LogP contribution in [0.1, 0.15) is 69.6 Å². The number of fused-ring (bicyclic) bond motifs is 1. The van der Waals surface area contributed by atoms with Gasteiger partial charge in [0.25, 0.3) is 5.92 Å². The molecule has 0 aliphatic carbocycles. The number of carbonyl (C=O) groups excluding carboxylic acids is 1. The lowest BCUT2D eigenvalue weighted by Crippen LogP contribution is -2.39. The third-order valence-electron chi connectivity index (χ3n) is 6.14. The number of benzene rings is 2. The molecule has 1 aliphatic heterocycles. The van der Waals surface area contributed by atoms with E-state index in [0.717, 1.165) is 55.4 Å². The second-order valence-electron chi connectivity index (χ2n) is 8.52. The first kappa shape index (κ1) is 24.1. The molecule has 0 bridgehead atoms. The fraction of sp³-hybridized carbons (Fsp3) is 0.500. The maximum absolute atomic E-state index is 14.2. The maximum atomic E-state index is 14.2. The molecule has 0 radical (unpaired) electrons. The van der Waals surface area contributed by atoms with Crippen molar-refractivity contribution in [3.63, 3.8) is 0 Å². The van der Waals surface area contributed by atoms with Gasteiger partial charge in [0.15, 0.2) is 0 Å². The van der Waals surface area contributed by atoms with Gasteiger partial charge in [-0.3, -0.25) is 4.79 Å². The van der Waals surface area contributed by atoms with Crippen molar-refractivity contribution < 1.29 is 22.7 Å². The average Bonchev–Trinajstić information content (AvgIpc) is 2.78. The molecule has 174 valence electrons. The Hall–Kier alpha value is -2.50. The van der Waals surface area contributed by atoms with E-state index in [-0.39, 0.29) is 17.6 Å². The first-order valence-corrected chi connectivity index (χ1v) is 11.5. The Kier molecular flexibility index (Phi) is 7.86. The molecule has 0 unspecified atom stereocenters.